The third-order valence-electron chi connectivity index (χ3n) is 8.51. The summed E-state index contributed by atoms with van der Waals surface area (Å²) in [7, 11) is 0. The minimum atomic E-state index is -0.653. The van der Waals surface area contributed by atoms with Gasteiger partial charge in [0.15, 0.2) is 0 Å². The average molecular weight is 533 g/mol. The summed E-state index contributed by atoms with van der Waals surface area (Å²) in [5.41, 5.74) is 0. The zero-order valence-corrected chi connectivity index (χ0v) is 24.7. The molecule has 0 aromatic heterocycles. The first-order valence-corrected chi connectivity index (χ1v) is 16.2. The van der Waals surface area contributed by atoms with E-state index in [2.05, 4.69) is 13.8 Å². The molecule has 0 saturated carbocycles. The Hall–Kier alpha value is -1.72. The maximum absolute atomic E-state index is 13.0. The minimum absolute atomic E-state index is 0.0758. The van der Waals surface area contributed by atoms with E-state index in [1.807, 2.05) is 0 Å². The maximum Gasteiger partial charge on any atom is 0.233 e. The van der Waals surface area contributed by atoms with Gasteiger partial charge in [0.25, 0.3) is 0 Å². The number of nitrogens with zero attached hydrogens (tertiary/aromatic N) is 2. The lowest BCUT2D eigenvalue weighted by atomic mass is 9.89. The van der Waals surface area contributed by atoms with Crippen LogP contribution >= 0.6 is 0 Å². The second-order valence-electron chi connectivity index (χ2n) is 11.8. The fourth-order valence-electron chi connectivity index (χ4n) is 6.03. The topological polar surface area (TPSA) is 74.8 Å². The van der Waals surface area contributed by atoms with Crippen LogP contribution in [-0.4, -0.2) is 46.5 Å². The van der Waals surface area contributed by atoms with Crippen molar-refractivity contribution in [3.8, 4) is 0 Å². The van der Waals surface area contributed by atoms with Gasteiger partial charge in [-0.25, -0.2) is 0 Å². The summed E-state index contributed by atoms with van der Waals surface area (Å²) in [5.74, 6) is -2.14. The summed E-state index contributed by atoms with van der Waals surface area (Å²) in [4.78, 5) is 53.9. The van der Waals surface area contributed by atoms with E-state index in [0.717, 1.165) is 38.5 Å². The summed E-state index contributed by atoms with van der Waals surface area (Å²) in [5, 5.41) is 0. The fraction of sp³-hybridized carbons (Fsp3) is 0.875. The Bertz CT molecular complexity index is 662. The Labute approximate surface area is 232 Å². The lowest BCUT2D eigenvalue weighted by Crippen LogP contribution is -2.36. The van der Waals surface area contributed by atoms with Crippen LogP contribution in [0.25, 0.3) is 0 Å². The highest BCUT2D eigenvalue weighted by Gasteiger charge is 2.50. The van der Waals surface area contributed by atoms with Crippen molar-refractivity contribution in [3.63, 3.8) is 0 Å². The monoisotopic (exact) mass is 532 g/mol. The zero-order valence-electron chi connectivity index (χ0n) is 24.7. The molecular weight excluding hydrogens is 476 g/mol. The molecule has 2 rings (SSSR count). The Morgan fingerprint density at radius 2 is 0.711 bits per heavy atom. The van der Waals surface area contributed by atoms with Gasteiger partial charge in [-0.1, -0.05) is 129 Å². The third-order valence-corrected chi connectivity index (χ3v) is 8.51. The highest BCUT2D eigenvalue weighted by molar-refractivity contribution is 6.10. The molecule has 0 aliphatic carbocycles. The lowest BCUT2D eigenvalue weighted by molar-refractivity contribution is -0.144. The van der Waals surface area contributed by atoms with Crippen LogP contribution in [0.15, 0.2) is 0 Å². The van der Waals surface area contributed by atoms with E-state index in [-0.39, 0.29) is 36.5 Å². The van der Waals surface area contributed by atoms with Crippen LogP contribution in [0, 0.1) is 11.8 Å². The Kier molecular flexibility index (Phi) is 16.6. The predicted molar refractivity (Wildman–Crippen MR) is 153 cm³/mol. The van der Waals surface area contributed by atoms with E-state index in [0.29, 0.717) is 13.1 Å². The van der Waals surface area contributed by atoms with Crippen LogP contribution in [0.2, 0.25) is 0 Å². The van der Waals surface area contributed by atoms with Crippen LogP contribution in [0.4, 0.5) is 0 Å². The van der Waals surface area contributed by atoms with Crippen molar-refractivity contribution in [1.29, 1.82) is 0 Å². The highest BCUT2D eigenvalue weighted by Crippen LogP contribution is 2.35. The van der Waals surface area contributed by atoms with Gasteiger partial charge in [0.05, 0.1) is 11.8 Å². The highest BCUT2D eigenvalue weighted by atomic mass is 16.2. The van der Waals surface area contributed by atoms with Gasteiger partial charge in [0.2, 0.25) is 23.6 Å². The summed E-state index contributed by atoms with van der Waals surface area (Å²) >= 11 is 0. The summed E-state index contributed by atoms with van der Waals surface area (Å²) in [6, 6.07) is 0. The second-order valence-corrected chi connectivity index (χ2v) is 11.8. The molecule has 218 valence electrons. The normalized spacial score (nSPS) is 19.9. The number of hydrogen-bond acceptors (Lipinski definition) is 4. The third kappa shape index (κ3) is 11.2. The van der Waals surface area contributed by atoms with Crippen molar-refractivity contribution >= 4 is 23.6 Å². The molecule has 0 N–H and O–H groups in total. The number of rotatable bonds is 23. The number of imide groups is 2. The molecule has 2 saturated heterocycles. The van der Waals surface area contributed by atoms with E-state index in [1.54, 1.807) is 0 Å². The molecule has 38 heavy (non-hydrogen) atoms. The number of unbranched alkanes of at least 4 members (excludes halogenated alkanes) is 18. The molecule has 6 nitrogen and oxygen atoms in total. The fourth-order valence-corrected chi connectivity index (χ4v) is 6.03. The Balaban J connectivity index is 1.62. The summed E-state index contributed by atoms with van der Waals surface area (Å²) in [6.07, 6.45) is 24.2. The van der Waals surface area contributed by atoms with Gasteiger partial charge in [-0.15, -0.1) is 0 Å². The molecule has 4 amide bonds. The van der Waals surface area contributed by atoms with Gasteiger partial charge in [0, 0.05) is 25.9 Å². The van der Waals surface area contributed by atoms with Crippen molar-refractivity contribution in [1.82, 2.24) is 9.80 Å². The smallest absolute Gasteiger partial charge is 0.233 e. The number of hydrogen-bond donors (Lipinski definition) is 0. The predicted octanol–water partition coefficient (Wildman–Crippen LogP) is 7.58. The first kappa shape index (κ1) is 32.5. The van der Waals surface area contributed by atoms with Crippen LogP contribution in [0.3, 0.4) is 0 Å². The molecule has 2 atom stereocenters. The summed E-state index contributed by atoms with van der Waals surface area (Å²) < 4.78 is 0. The molecule has 2 heterocycles. The largest absolute Gasteiger partial charge is 0.282 e. The van der Waals surface area contributed by atoms with Crippen LogP contribution in [0.1, 0.15) is 155 Å². The van der Waals surface area contributed by atoms with E-state index in [4.69, 9.17) is 0 Å². The molecule has 6 heteroatoms. The SMILES string of the molecule is CCCCCCCCCCCCN1C(=O)CC(C2CC(=O)N(CCCCCCCCCCCC)C2=O)C1=O. The summed E-state index contributed by atoms with van der Waals surface area (Å²) in [6.45, 7) is 5.36. The van der Waals surface area contributed by atoms with E-state index in [9.17, 15) is 19.2 Å². The zero-order chi connectivity index (χ0) is 27.6. The van der Waals surface area contributed by atoms with Gasteiger partial charge < -0.3 is 0 Å². The Morgan fingerprint density at radius 1 is 0.447 bits per heavy atom. The average Bonchev–Trinajstić information content (AvgIpc) is 3.34. The van der Waals surface area contributed by atoms with E-state index >= 15 is 0 Å². The maximum atomic E-state index is 13.0. The van der Waals surface area contributed by atoms with Crippen LogP contribution in [0.5, 0.6) is 0 Å². The van der Waals surface area contributed by atoms with Crippen molar-refractivity contribution in [2.24, 2.45) is 11.8 Å². The Morgan fingerprint density at radius 3 is 1.00 bits per heavy atom. The molecule has 0 spiro atoms. The molecule has 0 radical (unpaired) electrons. The van der Waals surface area contributed by atoms with Crippen molar-refractivity contribution in [2.45, 2.75) is 155 Å². The molecular formula is C32H56N2O4. The molecule has 0 bridgehead atoms. The number of amides is 4. The first-order valence-electron chi connectivity index (χ1n) is 16.2. The number of carbonyl (C=O) groups excluding carboxylic acids is 4. The standard InChI is InChI=1S/C32H56N2O4/c1-3-5-7-9-11-13-15-17-19-21-23-33-29(35)25-27(31(33)37)28-26-30(36)34(32(28)38)24-22-20-18-16-14-12-10-8-6-4-2/h27-28H,3-26H2,1-2H3. The molecule has 0 aromatic carbocycles. The van der Waals surface area contributed by atoms with Crippen molar-refractivity contribution in [2.75, 3.05) is 13.1 Å². The van der Waals surface area contributed by atoms with Gasteiger partial charge in [-0.05, 0) is 12.8 Å². The van der Waals surface area contributed by atoms with Crippen LogP contribution in [-0.2, 0) is 19.2 Å². The van der Waals surface area contributed by atoms with Gasteiger partial charge in [-0.3, -0.25) is 29.0 Å². The molecule has 0 aromatic rings. The first-order chi connectivity index (χ1) is 18.5. The molecule has 2 aliphatic heterocycles. The minimum Gasteiger partial charge on any atom is -0.282 e. The van der Waals surface area contributed by atoms with Crippen LogP contribution < -0.4 is 0 Å². The quantitative estimate of drug-likeness (QED) is 0.100. The molecule has 2 aliphatic rings. The lowest BCUT2D eigenvalue weighted by Gasteiger charge is -2.18. The van der Waals surface area contributed by atoms with Crippen molar-refractivity contribution in [3.05, 3.63) is 0 Å². The van der Waals surface area contributed by atoms with Gasteiger partial charge >= 0.3 is 0 Å². The van der Waals surface area contributed by atoms with Gasteiger partial charge in [-0.2, -0.15) is 0 Å². The van der Waals surface area contributed by atoms with Crippen molar-refractivity contribution < 1.29 is 19.2 Å². The number of likely N-dealkylation sites (tertiary alicyclic amines) is 2. The van der Waals surface area contributed by atoms with E-state index in [1.165, 1.54) is 99.7 Å². The second kappa shape index (κ2) is 19.4. The number of carbonyl (C=O) groups is 4. The molecule has 2 unspecified atom stereocenters. The molecule has 2 fully saturated rings. The van der Waals surface area contributed by atoms with E-state index < -0.39 is 11.8 Å². The van der Waals surface area contributed by atoms with Gasteiger partial charge in [0.1, 0.15) is 0 Å².